The van der Waals surface area contributed by atoms with Gasteiger partial charge in [-0.1, -0.05) is 31.5 Å². The van der Waals surface area contributed by atoms with Gasteiger partial charge in [0, 0.05) is 24.7 Å². The Morgan fingerprint density at radius 2 is 2.00 bits per heavy atom. The number of carbonyl (C=O) groups is 2. The highest BCUT2D eigenvalue weighted by molar-refractivity contribution is 5.97. The van der Waals surface area contributed by atoms with E-state index in [-0.39, 0.29) is 23.8 Å². The minimum Gasteiger partial charge on any atom is -0.340 e. The monoisotopic (exact) mass is 343 g/mol. The lowest BCUT2D eigenvalue weighted by Gasteiger charge is -2.28. The molecule has 1 aromatic carbocycles. The molecule has 25 heavy (non-hydrogen) atoms. The van der Waals surface area contributed by atoms with Crippen LogP contribution in [0, 0.1) is 24.7 Å². The van der Waals surface area contributed by atoms with Crippen molar-refractivity contribution in [3.05, 3.63) is 35.4 Å². The molecule has 1 saturated carbocycles. The zero-order chi connectivity index (χ0) is 18.1. The van der Waals surface area contributed by atoms with Gasteiger partial charge in [-0.05, 0) is 49.7 Å². The summed E-state index contributed by atoms with van der Waals surface area (Å²) in [6.07, 6.45) is 2.17. The summed E-state index contributed by atoms with van der Waals surface area (Å²) in [6.45, 7) is 7.41. The number of likely N-dealkylation sites (tertiary alicyclic amines) is 1. The quantitative estimate of drug-likeness (QED) is 0.877. The van der Waals surface area contributed by atoms with Crippen LogP contribution in [-0.4, -0.2) is 41.9 Å². The van der Waals surface area contributed by atoms with Crippen LogP contribution in [0.5, 0.6) is 0 Å². The average molecular weight is 343 g/mol. The van der Waals surface area contributed by atoms with E-state index in [0.717, 1.165) is 31.5 Å². The molecule has 2 fully saturated rings. The van der Waals surface area contributed by atoms with E-state index >= 15 is 0 Å². The van der Waals surface area contributed by atoms with E-state index in [1.807, 2.05) is 43.9 Å². The number of carbonyl (C=O) groups excluding carboxylic acids is 2. The van der Waals surface area contributed by atoms with E-state index in [9.17, 15) is 9.59 Å². The molecule has 3 rings (SSSR count). The third-order valence-electron chi connectivity index (χ3n) is 5.72. The molecule has 1 saturated heterocycles. The molecular weight excluding hydrogens is 314 g/mol. The Morgan fingerprint density at radius 3 is 2.64 bits per heavy atom. The Balaban J connectivity index is 1.69. The van der Waals surface area contributed by atoms with Crippen molar-refractivity contribution >= 4 is 11.8 Å². The van der Waals surface area contributed by atoms with E-state index < -0.39 is 6.04 Å². The fourth-order valence-corrected chi connectivity index (χ4v) is 4.21. The summed E-state index contributed by atoms with van der Waals surface area (Å²) in [7, 11) is 0. The highest BCUT2D eigenvalue weighted by Crippen LogP contribution is 2.37. The lowest BCUT2D eigenvalue weighted by Crippen LogP contribution is -2.51. The number of nitrogens with zero attached hydrogens (tertiary/aromatic N) is 1. The number of hydrogen-bond donors (Lipinski definition) is 2. The maximum absolute atomic E-state index is 13.0. The smallest absolute Gasteiger partial charge is 0.251 e. The molecule has 5 nitrogen and oxygen atoms in total. The van der Waals surface area contributed by atoms with Gasteiger partial charge in [-0.25, -0.2) is 0 Å². The highest BCUT2D eigenvalue weighted by Gasteiger charge is 2.44. The maximum Gasteiger partial charge on any atom is 0.251 e. The summed E-state index contributed by atoms with van der Waals surface area (Å²) in [6, 6.07) is 7.15. The topological polar surface area (TPSA) is 75.4 Å². The molecule has 2 amide bonds. The van der Waals surface area contributed by atoms with Gasteiger partial charge in [0.2, 0.25) is 5.91 Å². The van der Waals surface area contributed by atoms with Crippen LogP contribution >= 0.6 is 0 Å². The van der Waals surface area contributed by atoms with Crippen LogP contribution in [0.2, 0.25) is 0 Å². The second-order valence-corrected chi connectivity index (χ2v) is 7.97. The van der Waals surface area contributed by atoms with Gasteiger partial charge < -0.3 is 16.0 Å². The van der Waals surface area contributed by atoms with Crippen LogP contribution in [0.4, 0.5) is 0 Å². The first-order valence-corrected chi connectivity index (χ1v) is 9.28. The van der Waals surface area contributed by atoms with Crippen molar-refractivity contribution in [3.8, 4) is 0 Å². The van der Waals surface area contributed by atoms with Crippen LogP contribution in [0.25, 0.3) is 0 Å². The lowest BCUT2D eigenvalue weighted by atomic mass is 9.98. The van der Waals surface area contributed by atoms with Crippen LogP contribution in [0.1, 0.15) is 42.6 Å². The van der Waals surface area contributed by atoms with Gasteiger partial charge >= 0.3 is 0 Å². The minimum atomic E-state index is -0.497. The van der Waals surface area contributed by atoms with E-state index in [1.54, 1.807) is 6.07 Å². The lowest BCUT2D eigenvalue weighted by molar-refractivity contribution is -0.133. The molecule has 0 bridgehead atoms. The standard InChI is InChI=1S/C20H29N3O2/c1-12(2)18(22-19(24)14-6-4-5-13(3)9-14)20(25)23-10-15-7-8-17(21)16(15)11-23/h4-6,9,12,15-18H,7-8,10-11,21H2,1-3H3,(H,22,24). The number of benzene rings is 1. The number of rotatable bonds is 4. The van der Waals surface area contributed by atoms with Crippen molar-refractivity contribution in [1.29, 1.82) is 0 Å². The molecule has 0 aromatic heterocycles. The maximum atomic E-state index is 13.0. The van der Waals surface area contributed by atoms with Crippen molar-refractivity contribution < 1.29 is 9.59 Å². The Bertz CT molecular complexity index is 658. The zero-order valence-electron chi connectivity index (χ0n) is 15.4. The van der Waals surface area contributed by atoms with Crippen molar-refractivity contribution in [2.75, 3.05) is 13.1 Å². The predicted octanol–water partition coefficient (Wildman–Crippen LogP) is 1.95. The summed E-state index contributed by atoms with van der Waals surface area (Å²) in [5, 5.41) is 2.95. The number of nitrogens with two attached hydrogens (primary N) is 1. The Morgan fingerprint density at radius 1 is 1.24 bits per heavy atom. The van der Waals surface area contributed by atoms with Gasteiger partial charge in [0.1, 0.15) is 6.04 Å². The van der Waals surface area contributed by atoms with Crippen molar-refractivity contribution in [3.63, 3.8) is 0 Å². The van der Waals surface area contributed by atoms with Crippen LogP contribution in [0.15, 0.2) is 24.3 Å². The number of fused-ring (bicyclic) bond motifs is 1. The van der Waals surface area contributed by atoms with E-state index in [2.05, 4.69) is 5.32 Å². The molecular formula is C20H29N3O2. The van der Waals surface area contributed by atoms with Gasteiger partial charge in [0.25, 0.3) is 5.91 Å². The van der Waals surface area contributed by atoms with Crippen LogP contribution in [0.3, 0.4) is 0 Å². The van der Waals surface area contributed by atoms with Crippen LogP contribution < -0.4 is 11.1 Å². The Kier molecular flexibility index (Phi) is 5.13. The van der Waals surface area contributed by atoms with E-state index in [4.69, 9.17) is 5.73 Å². The number of amides is 2. The summed E-state index contributed by atoms with van der Waals surface area (Å²) in [5.74, 6) is 0.822. The molecule has 136 valence electrons. The molecule has 1 heterocycles. The molecule has 0 radical (unpaired) electrons. The number of aryl methyl sites for hydroxylation is 1. The molecule has 4 unspecified atom stereocenters. The summed E-state index contributed by atoms with van der Waals surface area (Å²) >= 11 is 0. The van der Waals surface area contributed by atoms with Gasteiger partial charge in [-0.2, -0.15) is 0 Å². The SMILES string of the molecule is Cc1cccc(C(=O)NC(C(=O)N2CC3CCC(N)C3C2)C(C)C)c1. The summed E-state index contributed by atoms with van der Waals surface area (Å²) in [5.41, 5.74) is 7.81. The molecule has 0 spiro atoms. The average Bonchev–Trinajstić information content (AvgIpc) is 3.14. The molecule has 1 aliphatic heterocycles. The van der Waals surface area contributed by atoms with Gasteiger partial charge in [-0.3, -0.25) is 9.59 Å². The largest absolute Gasteiger partial charge is 0.340 e. The first-order chi connectivity index (χ1) is 11.9. The fraction of sp³-hybridized carbons (Fsp3) is 0.600. The number of hydrogen-bond acceptors (Lipinski definition) is 3. The van der Waals surface area contributed by atoms with Crippen molar-refractivity contribution in [2.45, 2.75) is 45.7 Å². The summed E-state index contributed by atoms with van der Waals surface area (Å²) < 4.78 is 0. The summed E-state index contributed by atoms with van der Waals surface area (Å²) in [4.78, 5) is 27.5. The third-order valence-corrected chi connectivity index (χ3v) is 5.72. The molecule has 4 atom stereocenters. The Labute approximate surface area is 150 Å². The van der Waals surface area contributed by atoms with Gasteiger partial charge in [0.05, 0.1) is 0 Å². The molecule has 1 aliphatic carbocycles. The number of nitrogens with one attached hydrogen (secondary N) is 1. The second-order valence-electron chi connectivity index (χ2n) is 7.97. The van der Waals surface area contributed by atoms with E-state index in [1.165, 1.54) is 0 Å². The molecule has 3 N–H and O–H groups in total. The van der Waals surface area contributed by atoms with E-state index in [0.29, 0.717) is 17.4 Å². The minimum absolute atomic E-state index is 0.0256. The predicted molar refractivity (Wildman–Crippen MR) is 98.0 cm³/mol. The Hall–Kier alpha value is -1.88. The fourth-order valence-electron chi connectivity index (χ4n) is 4.21. The highest BCUT2D eigenvalue weighted by atomic mass is 16.2. The molecule has 2 aliphatic rings. The second kappa shape index (κ2) is 7.16. The van der Waals surface area contributed by atoms with Crippen molar-refractivity contribution in [1.82, 2.24) is 10.2 Å². The van der Waals surface area contributed by atoms with Crippen molar-refractivity contribution in [2.24, 2.45) is 23.5 Å². The zero-order valence-corrected chi connectivity index (χ0v) is 15.4. The van der Waals surface area contributed by atoms with Gasteiger partial charge in [0.15, 0.2) is 0 Å². The molecule has 1 aromatic rings. The van der Waals surface area contributed by atoms with Gasteiger partial charge in [-0.15, -0.1) is 0 Å². The third kappa shape index (κ3) is 3.71. The normalized spacial score (nSPS) is 26.6. The van der Waals surface area contributed by atoms with Crippen LogP contribution in [-0.2, 0) is 4.79 Å². The first-order valence-electron chi connectivity index (χ1n) is 9.28. The first kappa shape index (κ1) is 17.9. The molecule has 5 heteroatoms.